The molecule has 0 aromatic heterocycles. The molecule has 90 valence electrons. The van der Waals surface area contributed by atoms with Gasteiger partial charge in [0.1, 0.15) is 0 Å². The summed E-state index contributed by atoms with van der Waals surface area (Å²) in [6, 6.07) is 6.93. The highest BCUT2D eigenvalue weighted by atomic mass is 16.1. The predicted octanol–water partition coefficient (Wildman–Crippen LogP) is 3.82. The van der Waals surface area contributed by atoms with Crippen molar-refractivity contribution in [2.45, 2.75) is 32.6 Å². The molecule has 0 spiro atoms. The van der Waals surface area contributed by atoms with Gasteiger partial charge in [0.15, 0.2) is 11.6 Å². The van der Waals surface area contributed by atoms with E-state index in [1.165, 1.54) is 0 Å². The summed E-state index contributed by atoms with van der Waals surface area (Å²) in [6.07, 6.45) is 4.31. The Morgan fingerprint density at radius 3 is 1.94 bits per heavy atom. The Hall–Kier alpha value is -1.70. The molecule has 0 atom stereocenters. The minimum absolute atomic E-state index is 0.0967. The Kier molecular flexibility index (Phi) is 5.34. The second kappa shape index (κ2) is 6.79. The molecule has 0 amide bonds. The highest BCUT2D eigenvalue weighted by molar-refractivity contribution is 5.99. The van der Waals surface area contributed by atoms with Crippen molar-refractivity contribution >= 4 is 11.6 Å². The third kappa shape index (κ3) is 3.99. The topological polar surface area (TPSA) is 34.1 Å². The van der Waals surface area contributed by atoms with Crippen LogP contribution < -0.4 is 0 Å². The van der Waals surface area contributed by atoms with Crippen LogP contribution in [0.4, 0.5) is 0 Å². The summed E-state index contributed by atoms with van der Waals surface area (Å²) in [4.78, 5) is 23.3. The Morgan fingerprint density at radius 2 is 1.53 bits per heavy atom. The number of carbonyl (C=O) groups is 2. The standard InChI is InChI=1S/C15H18O2/c1-3-5-7-15(17)13-10-8-12(9-11-13)14(16)6-4-2/h3,8-11H,1,4-7H2,2H3. The Bertz CT molecular complexity index is 401. The van der Waals surface area contributed by atoms with Crippen molar-refractivity contribution < 1.29 is 9.59 Å². The maximum absolute atomic E-state index is 11.7. The fraction of sp³-hybridized carbons (Fsp3) is 0.333. The molecular weight excluding hydrogens is 212 g/mol. The third-order valence-electron chi connectivity index (χ3n) is 2.58. The third-order valence-corrected chi connectivity index (χ3v) is 2.58. The summed E-state index contributed by atoms with van der Waals surface area (Å²) in [5.41, 5.74) is 1.35. The number of Topliss-reactive ketones (excluding diaryl/α,β-unsaturated/α-hetero) is 2. The average molecular weight is 230 g/mol. The van der Waals surface area contributed by atoms with Gasteiger partial charge in [0, 0.05) is 24.0 Å². The lowest BCUT2D eigenvalue weighted by Gasteiger charge is -2.02. The van der Waals surface area contributed by atoms with E-state index >= 15 is 0 Å². The van der Waals surface area contributed by atoms with Crippen LogP contribution >= 0.6 is 0 Å². The van der Waals surface area contributed by atoms with Gasteiger partial charge in [0.05, 0.1) is 0 Å². The van der Waals surface area contributed by atoms with E-state index in [1.807, 2.05) is 6.92 Å². The zero-order valence-corrected chi connectivity index (χ0v) is 10.2. The lowest BCUT2D eigenvalue weighted by Crippen LogP contribution is -2.01. The van der Waals surface area contributed by atoms with Crippen LogP contribution in [-0.4, -0.2) is 11.6 Å². The van der Waals surface area contributed by atoms with Gasteiger partial charge in [-0.2, -0.15) is 0 Å². The Labute approximate surface area is 102 Å². The number of benzene rings is 1. The lowest BCUT2D eigenvalue weighted by atomic mass is 10.0. The Balaban J connectivity index is 2.70. The van der Waals surface area contributed by atoms with Crippen molar-refractivity contribution in [2.75, 3.05) is 0 Å². The quantitative estimate of drug-likeness (QED) is 0.527. The number of rotatable bonds is 7. The van der Waals surface area contributed by atoms with E-state index in [0.717, 1.165) is 6.42 Å². The molecule has 1 rings (SSSR count). The molecule has 0 unspecified atom stereocenters. The fourth-order valence-electron chi connectivity index (χ4n) is 1.59. The van der Waals surface area contributed by atoms with E-state index < -0.39 is 0 Å². The van der Waals surface area contributed by atoms with E-state index in [2.05, 4.69) is 6.58 Å². The maximum Gasteiger partial charge on any atom is 0.163 e. The van der Waals surface area contributed by atoms with Crippen LogP contribution in [0, 0.1) is 0 Å². The van der Waals surface area contributed by atoms with Crippen LogP contribution in [0.15, 0.2) is 36.9 Å². The van der Waals surface area contributed by atoms with Gasteiger partial charge in [-0.25, -0.2) is 0 Å². The molecule has 0 saturated heterocycles. The van der Waals surface area contributed by atoms with Crippen molar-refractivity contribution in [1.82, 2.24) is 0 Å². The average Bonchev–Trinajstić information content (AvgIpc) is 2.36. The number of ketones is 2. The van der Waals surface area contributed by atoms with Gasteiger partial charge in [-0.1, -0.05) is 37.3 Å². The van der Waals surface area contributed by atoms with E-state index in [-0.39, 0.29) is 11.6 Å². The fourth-order valence-corrected chi connectivity index (χ4v) is 1.59. The summed E-state index contributed by atoms with van der Waals surface area (Å²) in [7, 11) is 0. The number of allylic oxidation sites excluding steroid dienone is 1. The smallest absolute Gasteiger partial charge is 0.163 e. The van der Waals surface area contributed by atoms with E-state index in [0.29, 0.717) is 30.4 Å². The van der Waals surface area contributed by atoms with Gasteiger partial charge in [-0.15, -0.1) is 6.58 Å². The van der Waals surface area contributed by atoms with Crippen molar-refractivity contribution in [3.05, 3.63) is 48.0 Å². The van der Waals surface area contributed by atoms with Gasteiger partial charge < -0.3 is 0 Å². The van der Waals surface area contributed by atoms with Gasteiger partial charge in [0.2, 0.25) is 0 Å². The van der Waals surface area contributed by atoms with Crippen LogP contribution in [0.25, 0.3) is 0 Å². The summed E-state index contributed by atoms with van der Waals surface area (Å²) >= 11 is 0. The molecule has 0 saturated carbocycles. The minimum atomic E-state index is 0.0967. The monoisotopic (exact) mass is 230 g/mol. The van der Waals surface area contributed by atoms with Gasteiger partial charge in [-0.05, 0) is 12.8 Å². The molecule has 2 heteroatoms. The van der Waals surface area contributed by atoms with E-state index in [9.17, 15) is 9.59 Å². The largest absolute Gasteiger partial charge is 0.294 e. The molecule has 0 N–H and O–H groups in total. The molecule has 0 heterocycles. The molecule has 0 aliphatic heterocycles. The summed E-state index contributed by atoms with van der Waals surface area (Å²) in [6.45, 7) is 5.56. The molecule has 1 aromatic rings. The van der Waals surface area contributed by atoms with Crippen LogP contribution in [0.2, 0.25) is 0 Å². The van der Waals surface area contributed by atoms with Crippen molar-refractivity contribution in [3.63, 3.8) is 0 Å². The van der Waals surface area contributed by atoms with Crippen LogP contribution in [0.1, 0.15) is 53.3 Å². The molecule has 0 aliphatic rings. The SMILES string of the molecule is C=CCCC(=O)c1ccc(C(=O)CCC)cc1. The normalized spacial score (nSPS) is 9.94. The molecular formula is C15H18O2. The maximum atomic E-state index is 11.7. The first-order valence-electron chi connectivity index (χ1n) is 5.96. The van der Waals surface area contributed by atoms with Crippen LogP contribution in [-0.2, 0) is 0 Å². The zero-order valence-electron chi connectivity index (χ0n) is 10.2. The van der Waals surface area contributed by atoms with E-state index in [1.54, 1.807) is 30.3 Å². The van der Waals surface area contributed by atoms with Gasteiger partial charge in [-0.3, -0.25) is 9.59 Å². The number of hydrogen-bond acceptors (Lipinski definition) is 2. The second-order valence-corrected chi connectivity index (χ2v) is 4.00. The van der Waals surface area contributed by atoms with Gasteiger partial charge in [0.25, 0.3) is 0 Å². The molecule has 2 nitrogen and oxygen atoms in total. The van der Waals surface area contributed by atoms with Crippen molar-refractivity contribution in [2.24, 2.45) is 0 Å². The van der Waals surface area contributed by atoms with Crippen LogP contribution in [0.5, 0.6) is 0 Å². The highest BCUT2D eigenvalue weighted by Gasteiger charge is 2.07. The van der Waals surface area contributed by atoms with Crippen molar-refractivity contribution in [3.8, 4) is 0 Å². The molecule has 17 heavy (non-hydrogen) atoms. The summed E-state index contributed by atoms with van der Waals surface area (Å²) in [5.74, 6) is 0.233. The molecule has 0 fully saturated rings. The summed E-state index contributed by atoms with van der Waals surface area (Å²) in [5, 5.41) is 0. The summed E-state index contributed by atoms with van der Waals surface area (Å²) < 4.78 is 0. The predicted molar refractivity (Wildman–Crippen MR) is 69.4 cm³/mol. The molecule has 0 bridgehead atoms. The van der Waals surface area contributed by atoms with Crippen LogP contribution in [0.3, 0.4) is 0 Å². The molecule has 1 aromatic carbocycles. The minimum Gasteiger partial charge on any atom is -0.294 e. The second-order valence-electron chi connectivity index (χ2n) is 4.00. The number of hydrogen-bond donors (Lipinski definition) is 0. The first-order valence-corrected chi connectivity index (χ1v) is 5.96. The Morgan fingerprint density at radius 1 is 1.06 bits per heavy atom. The van der Waals surface area contributed by atoms with E-state index in [4.69, 9.17) is 0 Å². The molecule has 0 aliphatic carbocycles. The van der Waals surface area contributed by atoms with Gasteiger partial charge >= 0.3 is 0 Å². The number of carbonyl (C=O) groups excluding carboxylic acids is 2. The zero-order chi connectivity index (χ0) is 12.7. The lowest BCUT2D eigenvalue weighted by molar-refractivity contribution is 0.0971. The first kappa shape index (κ1) is 13.4. The molecule has 0 radical (unpaired) electrons. The first-order chi connectivity index (χ1) is 8.19. The van der Waals surface area contributed by atoms with Crippen molar-refractivity contribution in [1.29, 1.82) is 0 Å². The highest BCUT2D eigenvalue weighted by Crippen LogP contribution is 2.10.